The van der Waals surface area contributed by atoms with Gasteiger partial charge in [0, 0.05) is 12.5 Å². The summed E-state index contributed by atoms with van der Waals surface area (Å²) in [6.45, 7) is 0.205. The lowest BCUT2D eigenvalue weighted by Crippen LogP contribution is -1.78. The molecule has 1 N–H and O–H groups in total. The van der Waals surface area contributed by atoms with Gasteiger partial charge in [-0.25, -0.2) is 0 Å². The fourth-order valence-corrected chi connectivity index (χ4v) is 1.19. The number of halogens is 1. The molecule has 0 saturated heterocycles. The van der Waals surface area contributed by atoms with Crippen LogP contribution in [0.1, 0.15) is 17.5 Å². The summed E-state index contributed by atoms with van der Waals surface area (Å²) in [5.74, 6) is 0.556. The zero-order valence-corrected chi connectivity index (χ0v) is 8.17. The Morgan fingerprint density at radius 2 is 1.92 bits per heavy atom. The van der Waals surface area contributed by atoms with Gasteiger partial charge in [-0.2, -0.15) is 0 Å². The molecule has 0 unspecified atom stereocenters. The van der Waals surface area contributed by atoms with Crippen molar-refractivity contribution in [2.24, 2.45) is 0 Å². The van der Waals surface area contributed by atoms with E-state index in [9.17, 15) is 0 Å². The summed E-state index contributed by atoms with van der Waals surface area (Å²) in [4.78, 5) is 0. The smallest absolute Gasteiger partial charge is 0.0474 e. The van der Waals surface area contributed by atoms with E-state index in [0.29, 0.717) is 12.3 Å². The van der Waals surface area contributed by atoms with Gasteiger partial charge in [0.1, 0.15) is 0 Å². The Kier molecular flexibility index (Phi) is 4.58. The van der Waals surface area contributed by atoms with Crippen LogP contribution in [0.2, 0.25) is 0 Å². The SMILES string of the molecule is OCCC=Cc1ccc(CCl)cc1. The maximum Gasteiger partial charge on any atom is 0.0474 e. The molecule has 70 valence electrons. The normalized spacial score (nSPS) is 10.9. The monoisotopic (exact) mass is 196 g/mol. The lowest BCUT2D eigenvalue weighted by Gasteiger charge is -1.95. The first-order chi connectivity index (χ1) is 6.36. The Balaban J connectivity index is 2.58. The number of alkyl halides is 1. The average Bonchev–Trinajstić information content (AvgIpc) is 2.19. The van der Waals surface area contributed by atoms with E-state index in [1.54, 1.807) is 0 Å². The van der Waals surface area contributed by atoms with Crippen LogP contribution in [0.5, 0.6) is 0 Å². The van der Waals surface area contributed by atoms with Crippen LogP contribution >= 0.6 is 11.6 Å². The molecule has 0 aliphatic rings. The Bertz CT molecular complexity index is 264. The minimum absolute atomic E-state index is 0.205. The van der Waals surface area contributed by atoms with Crippen molar-refractivity contribution in [3.05, 3.63) is 41.5 Å². The summed E-state index contributed by atoms with van der Waals surface area (Å²) in [6, 6.07) is 8.05. The van der Waals surface area contributed by atoms with Crippen LogP contribution in [-0.4, -0.2) is 11.7 Å². The summed E-state index contributed by atoms with van der Waals surface area (Å²) in [5, 5.41) is 8.56. The van der Waals surface area contributed by atoms with Gasteiger partial charge in [-0.1, -0.05) is 36.4 Å². The topological polar surface area (TPSA) is 20.2 Å². The van der Waals surface area contributed by atoms with Crippen LogP contribution in [0.15, 0.2) is 30.3 Å². The van der Waals surface area contributed by atoms with Crippen LogP contribution < -0.4 is 0 Å². The minimum Gasteiger partial charge on any atom is -0.396 e. The molecule has 0 aliphatic carbocycles. The Morgan fingerprint density at radius 1 is 1.23 bits per heavy atom. The fourth-order valence-electron chi connectivity index (χ4n) is 1.01. The molecule has 0 amide bonds. The van der Waals surface area contributed by atoms with Gasteiger partial charge in [0.05, 0.1) is 0 Å². The molecular weight excluding hydrogens is 184 g/mol. The van der Waals surface area contributed by atoms with E-state index in [2.05, 4.69) is 0 Å². The van der Waals surface area contributed by atoms with Crippen LogP contribution in [0.3, 0.4) is 0 Å². The molecule has 0 bridgehead atoms. The largest absolute Gasteiger partial charge is 0.396 e. The van der Waals surface area contributed by atoms with Crippen LogP contribution in [0, 0.1) is 0 Å². The summed E-state index contributed by atoms with van der Waals surface area (Å²) >= 11 is 5.65. The van der Waals surface area contributed by atoms with E-state index in [1.165, 1.54) is 0 Å². The number of hydrogen-bond donors (Lipinski definition) is 1. The van der Waals surface area contributed by atoms with Gasteiger partial charge in [-0.3, -0.25) is 0 Å². The highest BCUT2D eigenvalue weighted by Crippen LogP contribution is 2.08. The van der Waals surface area contributed by atoms with Crippen molar-refractivity contribution < 1.29 is 5.11 Å². The zero-order valence-electron chi connectivity index (χ0n) is 7.41. The van der Waals surface area contributed by atoms with E-state index in [4.69, 9.17) is 16.7 Å². The first-order valence-corrected chi connectivity index (χ1v) is 4.82. The first-order valence-electron chi connectivity index (χ1n) is 4.29. The second-order valence-corrected chi connectivity index (χ2v) is 3.06. The molecular formula is C11H13ClO. The summed E-state index contributed by atoms with van der Waals surface area (Å²) in [5.41, 5.74) is 2.27. The van der Waals surface area contributed by atoms with Crippen molar-refractivity contribution in [1.29, 1.82) is 0 Å². The highest BCUT2D eigenvalue weighted by atomic mass is 35.5. The van der Waals surface area contributed by atoms with Crippen molar-refractivity contribution in [2.75, 3.05) is 6.61 Å². The number of aliphatic hydroxyl groups excluding tert-OH is 1. The average molecular weight is 197 g/mol. The third-order valence-corrected chi connectivity index (χ3v) is 2.05. The van der Waals surface area contributed by atoms with Gasteiger partial charge in [0.15, 0.2) is 0 Å². The Labute approximate surface area is 83.7 Å². The molecule has 1 rings (SSSR count). The number of benzene rings is 1. The van der Waals surface area contributed by atoms with E-state index in [0.717, 1.165) is 11.1 Å². The molecule has 0 spiro atoms. The molecule has 13 heavy (non-hydrogen) atoms. The number of rotatable bonds is 4. The molecule has 1 aromatic rings. The van der Waals surface area contributed by atoms with Crippen molar-refractivity contribution in [3.8, 4) is 0 Å². The second kappa shape index (κ2) is 5.79. The minimum atomic E-state index is 0.205. The van der Waals surface area contributed by atoms with E-state index >= 15 is 0 Å². The molecule has 1 nitrogen and oxygen atoms in total. The standard InChI is InChI=1S/C11H13ClO/c12-9-11-6-4-10(5-7-11)3-1-2-8-13/h1,3-7,13H,2,8-9H2. The third kappa shape index (κ3) is 3.62. The molecule has 0 radical (unpaired) electrons. The third-order valence-electron chi connectivity index (χ3n) is 1.74. The van der Waals surface area contributed by atoms with Crippen LogP contribution in [-0.2, 0) is 5.88 Å². The molecule has 0 aromatic heterocycles. The van der Waals surface area contributed by atoms with Crippen molar-refractivity contribution in [1.82, 2.24) is 0 Å². The molecule has 2 heteroatoms. The van der Waals surface area contributed by atoms with Crippen LogP contribution in [0.25, 0.3) is 6.08 Å². The van der Waals surface area contributed by atoms with Crippen molar-refractivity contribution in [3.63, 3.8) is 0 Å². The zero-order chi connectivity index (χ0) is 9.52. The van der Waals surface area contributed by atoms with Gasteiger partial charge in [-0.15, -0.1) is 11.6 Å². The highest BCUT2D eigenvalue weighted by molar-refractivity contribution is 6.17. The van der Waals surface area contributed by atoms with Crippen molar-refractivity contribution in [2.45, 2.75) is 12.3 Å². The molecule has 0 saturated carbocycles. The van der Waals surface area contributed by atoms with Gasteiger partial charge in [0.2, 0.25) is 0 Å². The number of hydrogen-bond acceptors (Lipinski definition) is 1. The second-order valence-electron chi connectivity index (χ2n) is 2.79. The summed E-state index contributed by atoms with van der Waals surface area (Å²) in [6.07, 6.45) is 4.65. The van der Waals surface area contributed by atoms with Gasteiger partial charge in [0.25, 0.3) is 0 Å². The van der Waals surface area contributed by atoms with E-state index < -0.39 is 0 Å². The summed E-state index contributed by atoms with van der Waals surface area (Å²) in [7, 11) is 0. The molecule has 0 heterocycles. The Hall–Kier alpha value is -0.790. The molecule has 0 aliphatic heterocycles. The summed E-state index contributed by atoms with van der Waals surface area (Å²) < 4.78 is 0. The predicted octanol–water partition coefficient (Wildman–Crippen LogP) is 2.82. The molecule has 0 atom stereocenters. The lowest BCUT2D eigenvalue weighted by atomic mass is 10.1. The quantitative estimate of drug-likeness (QED) is 0.735. The Morgan fingerprint density at radius 3 is 2.46 bits per heavy atom. The van der Waals surface area contributed by atoms with E-state index in [-0.39, 0.29) is 6.61 Å². The van der Waals surface area contributed by atoms with Gasteiger partial charge >= 0.3 is 0 Å². The highest BCUT2D eigenvalue weighted by Gasteiger charge is 1.89. The lowest BCUT2D eigenvalue weighted by molar-refractivity contribution is 0.303. The maximum atomic E-state index is 8.56. The predicted molar refractivity (Wildman–Crippen MR) is 56.7 cm³/mol. The molecule has 1 aromatic carbocycles. The van der Waals surface area contributed by atoms with Gasteiger partial charge in [-0.05, 0) is 17.5 Å². The molecule has 0 fully saturated rings. The van der Waals surface area contributed by atoms with Crippen molar-refractivity contribution >= 4 is 17.7 Å². The first kappa shape index (κ1) is 10.3. The van der Waals surface area contributed by atoms with Crippen LogP contribution in [0.4, 0.5) is 0 Å². The van der Waals surface area contributed by atoms with Gasteiger partial charge < -0.3 is 5.11 Å². The maximum absolute atomic E-state index is 8.56. The van der Waals surface area contributed by atoms with E-state index in [1.807, 2.05) is 36.4 Å². The fraction of sp³-hybridized carbons (Fsp3) is 0.273. The number of aliphatic hydroxyl groups is 1.